The Morgan fingerprint density at radius 1 is 1.11 bits per heavy atom. The van der Waals surface area contributed by atoms with E-state index >= 15 is 0 Å². The zero-order valence-corrected chi connectivity index (χ0v) is 10.2. The van der Waals surface area contributed by atoms with Crippen molar-refractivity contribution >= 4 is 27.8 Å². The monoisotopic (exact) mass is 249 g/mol. The van der Waals surface area contributed by atoms with Gasteiger partial charge in [-0.05, 0) is 17.5 Å². The number of hydrogen-bond donors (Lipinski definition) is 0. The maximum atomic E-state index is 5.45. The van der Waals surface area contributed by atoms with E-state index in [1.54, 1.807) is 0 Å². The molecule has 0 aliphatic carbocycles. The van der Waals surface area contributed by atoms with Gasteiger partial charge in [0, 0.05) is 22.5 Å². The highest BCUT2D eigenvalue weighted by molar-refractivity contribution is 6.08. The van der Waals surface area contributed by atoms with Gasteiger partial charge < -0.3 is 9.47 Å². The fourth-order valence-electron chi connectivity index (χ4n) is 2.52. The van der Waals surface area contributed by atoms with E-state index < -0.39 is 0 Å². The second-order valence-corrected chi connectivity index (χ2v) is 4.50. The van der Waals surface area contributed by atoms with Gasteiger partial charge >= 0.3 is 0 Å². The molecule has 0 saturated carbocycles. The Morgan fingerprint density at radius 3 is 2.79 bits per heavy atom. The zero-order valence-electron chi connectivity index (χ0n) is 10.2. The van der Waals surface area contributed by atoms with E-state index in [0.29, 0.717) is 0 Å². The van der Waals surface area contributed by atoms with Gasteiger partial charge in [0.2, 0.25) is 6.79 Å². The minimum Gasteiger partial charge on any atom is -0.454 e. The van der Waals surface area contributed by atoms with Crippen LogP contribution in [0.15, 0.2) is 43.1 Å². The van der Waals surface area contributed by atoms with Gasteiger partial charge in [-0.1, -0.05) is 30.9 Å². The van der Waals surface area contributed by atoms with Gasteiger partial charge in [0.1, 0.15) is 0 Å². The van der Waals surface area contributed by atoms with Crippen molar-refractivity contribution in [1.82, 2.24) is 4.98 Å². The molecule has 2 heterocycles. The zero-order chi connectivity index (χ0) is 12.8. The Hall–Kier alpha value is -2.55. The van der Waals surface area contributed by atoms with Crippen LogP contribution in [0.1, 0.15) is 5.56 Å². The van der Waals surface area contributed by atoms with E-state index in [1.807, 2.05) is 36.5 Å². The van der Waals surface area contributed by atoms with Crippen LogP contribution in [0.4, 0.5) is 0 Å². The Labute approximate surface area is 110 Å². The normalized spacial score (nSPS) is 13.1. The third kappa shape index (κ3) is 1.41. The number of nitrogens with zero attached hydrogens (tertiary/aromatic N) is 1. The minimum atomic E-state index is 0.287. The molecule has 3 heteroatoms. The predicted octanol–water partition coefficient (Wildman–Crippen LogP) is 3.76. The van der Waals surface area contributed by atoms with Crippen LogP contribution in [0.25, 0.3) is 27.8 Å². The van der Waals surface area contributed by atoms with Gasteiger partial charge in [0.25, 0.3) is 0 Å². The van der Waals surface area contributed by atoms with Gasteiger partial charge in [-0.2, -0.15) is 0 Å². The molecule has 1 aliphatic heterocycles. The topological polar surface area (TPSA) is 31.4 Å². The first-order valence-electron chi connectivity index (χ1n) is 6.10. The molecule has 0 atom stereocenters. The van der Waals surface area contributed by atoms with E-state index in [2.05, 4.69) is 17.6 Å². The summed E-state index contributed by atoms with van der Waals surface area (Å²) in [6.45, 7) is 4.12. The highest BCUT2D eigenvalue weighted by atomic mass is 16.7. The minimum absolute atomic E-state index is 0.287. The molecule has 19 heavy (non-hydrogen) atoms. The Bertz CT molecular complexity index is 824. The largest absolute Gasteiger partial charge is 0.454 e. The molecule has 1 aromatic heterocycles. The summed E-state index contributed by atoms with van der Waals surface area (Å²) >= 11 is 0. The van der Waals surface area contributed by atoms with E-state index in [4.69, 9.17) is 9.47 Å². The van der Waals surface area contributed by atoms with Crippen molar-refractivity contribution in [1.29, 1.82) is 0 Å². The lowest BCUT2D eigenvalue weighted by molar-refractivity contribution is 0.174. The standard InChI is InChI=1S/C16H11NO2/c1-2-10-4-3-5-12-13-7-15-14(18-9-19-15)6-11(13)8-17-16(10)12/h2-8H,1,9H2. The summed E-state index contributed by atoms with van der Waals surface area (Å²) in [6.07, 6.45) is 3.70. The van der Waals surface area contributed by atoms with Crippen molar-refractivity contribution < 1.29 is 9.47 Å². The lowest BCUT2D eigenvalue weighted by Crippen LogP contribution is -1.92. The number of para-hydroxylation sites is 1. The molecule has 0 N–H and O–H groups in total. The second-order valence-electron chi connectivity index (χ2n) is 4.50. The third-order valence-electron chi connectivity index (χ3n) is 3.45. The molecule has 0 amide bonds. The van der Waals surface area contributed by atoms with Crippen LogP contribution in [-0.4, -0.2) is 11.8 Å². The first-order valence-corrected chi connectivity index (χ1v) is 6.10. The quantitative estimate of drug-likeness (QED) is 0.615. The summed E-state index contributed by atoms with van der Waals surface area (Å²) < 4.78 is 10.8. The van der Waals surface area contributed by atoms with Gasteiger partial charge in [-0.25, -0.2) is 0 Å². The molecule has 92 valence electrons. The summed E-state index contributed by atoms with van der Waals surface area (Å²) in [5.41, 5.74) is 2.00. The molecule has 3 aromatic rings. The number of hydrogen-bond acceptors (Lipinski definition) is 3. The van der Waals surface area contributed by atoms with Crippen molar-refractivity contribution in [2.24, 2.45) is 0 Å². The molecular weight excluding hydrogens is 238 g/mol. The van der Waals surface area contributed by atoms with E-state index in [9.17, 15) is 0 Å². The molecule has 0 fully saturated rings. The average molecular weight is 249 g/mol. The van der Waals surface area contributed by atoms with Crippen LogP contribution in [-0.2, 0) is 0 Å². The van der Waals surface area contributed by atoms with Gasteiger partial charge in [-0.3, -0.25) is 4.98 Å². The molecule has 0 spiro atoms. The van der Waals surface area contributed by atoms with Crippen LogP contribution in [0, 0.1) is 0 Å². The predicted molar refractivity (Wildman–Crippen MR) is 75.5 cm³/mol. The number of ether oxygens (including phenoxy) is 2. The molecule has 2 aromatic carbocycles. The van der Waals surface area contributed by atoms with Gasteiger partial charge in [0.05, 0.1) is 5.52 Å². The summed E-state index contributed by atoms with van der Waals surface area (Å²) in [5, 5.41) is 3.28. The molecule has 0 saturated heterocycles. The fourth-order valence-corrected chi connectivity index (χ4v) is 2.52. The van der Waals surface area contributed by atoms with Crippen molar-refractivity contribution in [3.63, 3.8) is 0 Å². The maximum absolute atomic E-state index is 5.45. The first-order chi connectivity index (χ1) is 9.36. The maximum Gasteiger partial charge on any atom is 0.231 e. The Kier molecular flexibility index (Phi) is 2.03. The van der Waals surface area contributed by atoms with Crippen molar-refractivity contribution in [2.45, 2.75) is 0 Å². The highest BCUT2D eigenvalue weighted by Gasteiger charge is 2.15. The lowest BCUT2D eigenvalue weighted by atomic mass is 10.0. The summed E-state index contributed by atoms with van der Waals surface area (Å²) in [7, 11) is 0. The van der Waals surface area contributed by atoms with Gasteiger partial charge in [-0.15, -0.1) is 0 Å². The molecule has 1 aliphatic rings. The number of rotatable bonds is 1. The van der Waals surface area contributed by atoms with Crippen molar-refractivity contribution in [3.05, 3.63) is 48.7 Å². The van der Waals surface area contributed by atoms with Crippen LogP contribution in [0.2, 0.25) is 0 Å². The Morgan fingerprint density at radius 2 is 1.95 bits per heavy atom. The summed E-state index contributed by atoms with van der Waals surface area (Å²) in [5.74, 6) is 1.58. The van der Waals surface area contributed by atoms with Crippen LogP contribution in [0.3, 0.4) is 0 Å². The van der Waals surface area contributed by atoms with Crippen LogP contribution >= 0.6 is 0 Å². The van der Waals surface area contributed by atoms with Crippen LogP contribution < -0.4 is 9.47 Å². The van der Waals surface area contributed by atoms with E-state index in [0.717, 1.165) is 38.7 Å². The third-order valence-corrected chi connectivity index (χ3v) is 3.45. The summed E-state index contributed by atoms with van der Waals surface area (Å²) in [6, 6.07) is 10.1. The first kappa shape index (κ1) is 10.4. The molecule has 4 rings (SSSR count). The Balaban J connectivity index is 2.16. The molecule has 3 nitrogen and oxygen atoms in total. The summed E-state index contributed by atoms with van der Waals surface area (Å²) in [4.78, 5) is 4.54. The molecule has 0 unspecified atom stereocenters. The molecule has 0 bridgehead atoms. The lowest BCUT2D eigenvalue weighted by Gasteiger charge is -2.06. The van der Waals surface area contributed by atoms with Crippen molar-refractivity contribution in [3.8, 4) is 11.5 Å². The number of aromatic nitrogens is 1. The number of benzene rings is 2. The van der Waals surface area contributed by atoms with E-state index in [1.165, 1.54) is 0 Å². The number of pyridine rings is 1. The SMILES string of the molecule is C=Cc1cccc2c1ncc1cc3c(cc12)OCO3. The second kappa shape index (κ2) is 3.72. The highest BCUT2D eigenvalue weighted by Crippen LogP contribution is 2.38. The fraction of sp³-hybridized carbons (Fsp3) is 0.0625. The average Bonchev–Trinajstić information content (AvgIpc) is 2.91. The molecular formula is C16H11NO2. The van der Waals surface area contributed by atoms with Crippen molar-refractivity contribution in [2.75, 3.05) is 6.79 Å². The number of fused-ring (bicyclic) bond motifs is 4. The van der Waals surface area contributed by atoms with E-state index in [-0.39, 0.29) is 6.79 Å². The van der Waals surface area contributed by atoms with Crippen LogP contribution in [0.5, 0.6) is 11.5 Å². The van der Waals surface area contributed by atoms with Gasteiger partial charge in [0.15, 0.2) is 11.5 Å². The smallest absolute Gasteiger partial charge is 0.231 e. The molecule has 0 radical (unpaired) electrons.